The number of carbonyl (C=O) groups excluding carboxylic acids is 1. The molecule has 0 amide bonds. The van der Waals surface area contributed by atoms with Gasteiger partial charge in [-0.15, -0.1) is 0 Å². The number of nitrogens with one attached hydrogen (secondary N) is 1. The second-order valence-electron chi connectivity index (χ2n) is 4.32. The second-order valence-corrected chi connectivity index (χ2v) is 4.76. The highest BCUT2D eigenvalue weighted by molar-refractivity contribution is 6.31. The van der Waals surface area contributed by atoms with Crippen molar-refractivity contribution >= 4 is 28.3 Å². The van der Waals surface area contributed by atoms with Crippen LogP contribution in [0, 0.1) is 11.6 Å². The SMILES string of the molecule is O=C(c1cccc(F)c1F)c1c[nH]c2cc(Cl)ccc12. The van der Waals surface area contributed by atoms with Crippen LogP contribution in [-0.2, 0) is 0 Å². The summed E-state index contributed by atoms with van der Waals surface area (Å²) in [6.45, 7) is 0. The molecule has 0 radical (unpaired) electrons. The van der Waals surface area contributed by atoms with Gasteiger partial charge in [0, 0.05) is 27.7 Å². The van der Waals surface area contributed by atoms with E-state index < -0.39 is 17.4 Å². The maximum Gasteiger partial charge on any atom is 0.198 e. The summed E-state index contributed by atoms with van der Waals surface area (Å²) in [6, 6.07) is 8.50. The van der Waals surface area contributed by atoms with Gasteiger partial charge in [0.2, 0.25) is 0 Å². The van der Waals surface area contributed by atoms with Gasteiger partial charge in [0.25, 0.3) is 0 Å². The Bertz CT molecular complexity index is 826. The standard InChI is InChI=1S/C15H8ClF2NO/c16-8-4-5-9-11(7-19-13(9)6-8)15(20)10-2-1-3-12(17)14(10)18/h1-7,19H. The number of hydrogen-bond donors (Lipinski definition) is 1. The summed E-state index contributed by atoms with van der Waals surface area (Å²) in [6.07, 6.45) is 1.47. The van der Waals surface area contributed by atoms with Crippen molar-refractivity contribution in [2.24, 2.45) is 0 Å². The summed E-state index contributed by atoms with van der Waals surface area (Å²) in [4.78, 5) is 15.2. The number of carbonyl (C=O) groups is 1. The molecule has 0 bridgehead atoms. The first kappa shape index (κ1) is 12.8. The lowest BCUT2D eigenvalue weighted by Gasteiger charge is -2.02. The lowest BCUT2D eigenvalue weighted by molar-refractivity contribution is 0.103. The normalized spacial score (nSPS) is 10.9. The molecule has 0 saturated heterocycles. The highest BCUT2D eigenvalue weighted by Gasteiger charge is 2.19. The number of H-pyrrole nitrogens is 1. The summed E-state index contributed by atoms with van der Waals surface area (Å²) < 4.78 is 26.9. The van der Waals surface area contributed by atoms with Crippen molar-refractivity contribution in [3.05, 3.63) is 70.4 Å². The lowest BCUT2D eigenvalue weighted by Crippen LogP contribution is -2.05. The van der Waals surface area contributed by atoms with E-state index >= 15 is 0 Å². The van der Waals surface area contributed by atoms with Gasteiger partial charge in [0.05, 0.1) is 5.56 Å². The Morgan fingerprint density at radius 3 is 2.70 bits per heavy atom. The maximum absolute atomic E-state index is 13.7. The minimum absolute atomic E-state index is 0.279. The van der Waals surface area contributed by atoms with Crippen LogP contribution in [0.15, 0.2) is 42.6 Å². The Kier molecular flexibility index (Phi) is 3.03. The highest BCUT2D eigenvalue weighted by atomic mass is 35.5. The molecule has 0 unspecified atom stereocenters. The third-order valence-corrected chi connectivity index (χ3v) is 3.32. The molecule has 0 atom stereocenters. The van der Waals surface area contributed by atoms with Crippen LogP contribution in [0.2, 0.25) is 5.02 Å². The van der Waals surface area contributed by atoms with E-state index in [0.717, 1.165) is 6.07 Å². The number of fused-ring (bicyclic) bond motifs is 1. The molecule has 0 spiro atoms. The molecule has 1 aromatic heterocycles. The summed E-state index contributed by atoms with van der Waals surface area (Å²) in [5.41, 5.74) is 0.652. The molecule has 0 saturated carbocycles. The molecule has 2 nitrogen and oxygen atoms in total. The fraction of sp³-hybridized carbons (Fsp3) is 0. The Morgan fingerprint density at radius 1 is 1.10 bits per heavy atom. The van der Waals surface area contributed by atoms with Gasteiger partial charge in [-0.1, -0.05) is 23.7 Å². The molecule has 100 valence electrons. The molecule has 1 heterocycles. The van der Waals surface area contributed by atoms with Gasteiger partial charge in [0.1, 0.15) is 0 Å². The Morgan fingerprint density at radius 2 is 1.90 bits per heavy atom. The average Bonchev–Trinajstić information content (AvgIpc) is 2.84. The zero-order chi connectivity index (χ0) is 14.3. The first-order chi connectivity index (χ1) is 9.58. The van der Waals surface area contributed by atoms with Crippen LogP contribution in [-0.4, -0.2) is 10.8 Å². The molecule has 3 aromatic rings. The van der Waals surface area contributed by atoms with E-state index in [1.807, 2.05) is 0 Å². The maximum atomic E-state index is 13.7. The Labute approximate surface area is 118 Å². The topological polar surface area (TPSA) is 32.9 Å². The zero-order valence-electron chi connectivity index (χ0n) is 10.1. The number of aromatic amines is 1. The van der Waals surface area contributed by atoms with E-state index in [9.17, 15) is 13.6 Å². The van der Waals surface area contributed by atoms with E-state index in [2.05, 4.69) is 4.98 Å². The van der Waals surface area contributed by atoms with Crippen LogP contribution in [0.1, 0.15) is 15.9 Å². The molecule has 0 fully saturated rings. The number of rotatable bonds is 2. The highest BCUT2D eigenvalue weighted by Crippen LogP contribution is 2.25. The Hall–Kier alpha value is -2.20. The van der Waals surface area contributed by atoms with Gasteiger partial charge in [-0.3, -0.25) is 4.79 Å². The summed E-state index contributed by atoms with van der Waals surface area (Å²) in [7, 11) is 0. The van der Waals surface area contributed by atoms with E-state index in [1.54, 1.807) is 18.2 Å². The predicted octanol–water partition coefficient (Wildman–Crippen LogP) is 4.33. The molecule has 2 aromatic carbocycles. The lowest BCUT2D eigenvalue weighted by atomic mass is 10.0. The quantitative estimate of drug-likeness (QED) is 0.700. The van der Waals surface area contributed by atoms with Gasteiger partial charge < -0.3 is 4.98 Å². The third kappa shape index (κ3) is 1.98. The van der Waals surface area contributed by atoms with E-state index in [0.29, 0.717) is 15.9 Å². The average molecular weight is 292 g/mol. The van der Waals surface area contributed by atoms with Crippen LogP contribution < -0.4 is 0 Å². The number of halogens is 3. The smallest absolute Gasteiger partial charge is 0.198 e. The molecule has 20 heavy (non-hydrogen) atoms. The fourth-order valence-electron chi connectivity index (χ4n) is 2.11. The summed E-state index contributed by atoms with van der Waals surface area (Å²) in [5, 5.41) is 1.14. The molecule has 3 rings (SSSR count). The van der Waals surface area contributed by atoms with Crippen LogP contribution >= 0.6 is 11.6 Å². The van der Waals surface area contributed by atoms with Crippen LogP contribution in [0.3, 0.4) is 0 Å². The molecule has 5 heteroatoms. The van der Waals surface area contributed by atoms with Crippen molar-refractivity contribution in [2.45, 2.75) is 0 Å². The molecule has 0 aliphatic carbocycles. The first-order valence-corrected chi connectivity index (χ1v) is 6.21. The second kappa shape index (κ2) is 4.72. The van der Waals surface area contributed by atoms with Crippen molar-refractivity contribution in [1.82, 2.24) is 4.98 Å². The number of ketones is 1. The van der Waals surface area contributed by atoms with Crippen molar-refractivity contribution in [3.63, 3.8) is 0 Å². The van der Waals surface area contributed by atoms with Crippen LogP contribution in [0.25, 0.3) is 10.9 Å². The molecular weight excluding hydrogens is 284 g/mol. The summed E-state index contributed by atoms with van der Waals surface area (Å²) in [5.74, 6) is -2.75. The predicted molar refractivity (Wildman–Crippen MR) is 73.1 cm³/mol. The van der Waals surface area contributed by atoms with E-state index in [4.69, 9.17) is 11.6 Å². The van der Waals surface area contributed by atoms with Gasteiger partial charge in [-0.25, -0.2) is 8.78 Å². The first-order valence-electron chi connectivity index (χ1n) is 5.83. The monoisotopic (exact) mass is 291 g/mol. The van der Waals surface area contributed by atoms with Crippen molar-refractivity contribution < 1.29 is 13.6 Å². The van der Waals surface area contributed by atoms with Crippen LogP contribution in [0.5, 0.6) is 0 Å². The zero-order valence-corrected chi connectivity index (χ0v) is 10.8. The van der Waals surface area contributed by atoms with Crippen molar-refractivity contribution in [3.8, 4) is 0 Å². The molecule has 0 aliphatic heterocycles. The number of benzene rings is 2. The summed E-state index contributed by atoms with van der Waals surface area (Å²) >= 11 is 5.86. The van der Waals surface area contributed by atoms with Crippen molar-refractivity contribution in [2.75, 3.05) is 0 Å². The van der Waals surface area contributed by atoms with Gasteiger partial charge in [-0.05, 0) is 24.3 Å². The molecular formula is C15H8ClF2NO. The van der Waals surface area contributed by atoms with Crippen molar-refractivity contribution in [1.29, 1.82) is 0 Å². The van der Waals surface area contributed by atoms with Crippen LogP contribution in [0.4, 0.5) is 8.78 Å². The fourth-order valence-corrected chi connectivity index (χ4v) is 2.28. The van der Waals surface area contributed by atoms with E-state index in [1.165, 1.54) is 18.3 Å². The largest absolute Gasteiger partial charge is 0.360 e. The number of hydrogen-bond acceptors (Lipinski definition) is 1. The molecule has 0 aliphatic rings. The minimum Gasteiger partial charge on any atom is -0.360 e. The van der Waals surface area contributed by atoms with E-state index in [-0.39, 0.29) is 11.1 Å². The third-order valence-electron chi connectivity index (χ3n) is 3.08. The van der Waals surface area contributed by atoms with Gasteiger partial charge in [0.15, 0.2) is 17.4 Å². The Balaban J connectivity index is 2.16. The number of aromatic nitrogens is 1. The van der Waals surface area contributed by atoms with Gasteiger partial charge in [-0.2, -0.15) is 0 Å². The minimum atomic E-state index is -1.14. The molecule has 1 N–H and O–H groups in total. The van der Waals surface area contributed by atoms with Gasteiger partial charge >= 0.3 is 0 Å².